The maximum atomic E-state index is 11.8. The molecule has 0 bridgehead atoms. The van der Waals surface area contributed by atoms with E-state index in [2.05, 4.69) is 25.2 Å². The van der Waals surface area contributed by atoms with Crippen LogP contribution in [0, 0.1) is 0 Å². The second kappa shape index (κ2) is 8.02. The molecular weight excluding hydrogens is 412 g/mol. The van der Waals surface area contributed by atoms with Gasteiger partial charge in [-0.1, -0.05) is 41.9 Å². The number of aromatic nitrogens is 1. The van der Waals surface area contributed by atoms with Crippen molar-refractivity contribution in [1.82, 2.24) is 10.3 Å². The average Bonchev–Trinajstić information content (AvgIpc) is 3.07. The fraction of sp³-hybridized carbons (Fsp3) is 0.0500. The van der Waals surface area contributed by atoms with Gasteiger partial charge in [-0.3, -0.25) is 10.1 Å². The minimum absolute atomic E-state index is 0.183. The number of amidine groups is 1. The first kappa shape index (κ1) is 19.1. The summed E-state index contributed by atoms with van der Waals surface area (Å²) in [4.78, 5) is 27.7. The van der Waals surface area contributed by atoms with Gasteiger partial charge in [-0.05, 0) is 34.7 Å². The van der Waals surface area contributed by atoms with Gasteiger partial charge in [0.1, 0.15) is 5.15 Å². The Morgan fingerprint density at radius 1 is 1.24 bits per heavy atom. The van der Waals surface area contributed by atoms with Crippen molar-refractivity contribution in [3.63, 3.8) is 0 Å². The Bertz CT molecular complexity index is 1250. The van der Waals surface area contributed by atoms with Gasteiger partial charge in [0.15, 0.2) is 5.17 Å². The number of rotatable bonds is 3. The maximum Gasteiger partial charge on any atom is 0.331 e. The summed E-state index contributed by atoms with van der Waals surface area (Å²) in [6.07, 6.45) is 2.57. The van der Waals surface area contributed by atoms with Gasteiger partial charge in [-0.15, -0.1) is 5.10 Å². The zero-order chi connectivity index (χ0) is 20.4. The second-order valence-electron chi connectivity index (χ2n) is 5.96. The molecule has 1 fully saturated rings. The van der Waals surface area contributed by atoms with E-state index in [0.717, 1.165) is 39.5 Å². The third kappa shape index (κ3) is 3.98. The zero-order valence-electron chi connectivity index (χ0n) is 15.0. The largest absolute Gasteiger partial charge is 0.466 e. The molecule has 0 saturated carbocycles. The maximum absolute atomic E-state index is 11.8. The SMILES string of the molecule is COC(=O)C=C1SC(=NN=Cc2cc3c(ccc4ccccc43)nc2Cl)NC1=O. The number of ether oxygens (including phenoxy) is 1. The Labute approximate surface area is 174 Å². The molecular formula is C20H13ClN4O3S. The number of halogens is 1. The molecule has 0 aliphatic carbocycles. The third-order valence-electron chi connectivity index (χ3n) is 4.15. The molecule has 1 aliphatic rings. The number of hydrogen-bond donors (Lipinski definition) is 1. The lowest BCUT2D eigenvalue weighted by atomic mass is 10.0. The normalized spacial score (nSPS) is 17.0. The number of nitrogens with one attached hydrogen (secondary N) is 1. The van der Waals surface area contributed by atoms with E-state index in [0.29, 0.717) is 10.7 Å². The first-order chi connectivity index (χ1) is 14.0. The number of carbonyl (C=O) groups excluding carboxylic acids is 2. The Balaban J connectivity index is 1.63. The zero-order valence-corrected chi connectivity index (χ0v) is 16.6. The lowest BCUT2D eigenvalue weighted by Gasteiger charge is -2.05. The summed E-state index contributed by atoms with van der Waals surface area (Å²) >= 11 is 7.28. The number of thioether (sulfide) groups is 1. The number of benzene rings is 2. The van der Waals surface area contributed by atoms with Crippen molar-refractivity contribution in [3.05, 3.63) is 64.2 Å². The van der Waals surface area contributed by atoms with Crippen LogP contribution in [0.2, 0.25) is 5.15 Å². The van der Waals surface area contributed by atoms with Gasteiger partial charge in [-0.25, -0.2) is 9.78 Å². The van der Waals surface area contributed by atoms with Gasteiger partial charge in [0.25, 0.3) is 5.91 Å². The summed E-state index contributed by atoms with van der Waals surface area (Å²) in [5, 5.41) is 14.2. The van der Waals surface area contributed by atoms with E-state index < -0.39 is 11.9 Å². The molecule has 3 aromatic rings. The molecule has 2 heterocycles. The van der Waals surface area contributed by atoms with Crippen LogP contribution < -0.4 is 5.32 Å². The van der Waals surface area contributed by atoms with Crippen LogP contribution in [0.15, 0.2) is 63.6 Å². The monoisotopic (exact) mass is 424 g/mol. The van der Waals surface area contributed by atoms with Crippen LogP contribution in [0.5, 0.6) is 0 Å². The van der Waals surface area contributed by atoms with Gasteiger partial charge < -0.3 is 4.74 Å². The minimum atomic E-state index is -0.617. The molecule has 1 aromatic heterocycles. The quantitative estimate of drug-likeness (QED) is 0.173. The lowest BCUT2D eigenvalue weighted by Crippen LogP contribution is -2.19. The predicted octanol–water partition coefficient (Wildman–Crippen LogP) is 3.65. The van der Waals surface area contributed by atoms with Crippen LogP contribution in [0.4, 0.5) is 0 Å². The average molecular weight is 425 g/mol. The molecule has 29 heavy (non-hydrogen) atoms. The van der Waals surface area contributed by atoms with E-state index in [4.69, 9.17) is 11.6 Å². The highest BCUT2D eigenvalue weighted by atomic mass is 35.5. The van der Waals surface area contributed by atoms with E-state index in [1.165, 1.54) is 13.3 Å². The van der Waals surface area contributed by atoms with Crippen molar-refractivity contribution in [3.8, 4) is 0 Å². The highest BCUT2D eigenvalue weighted by Crippen LogP contribution is 2.27. The number of carbonyl (C=O) groups is 2. The van der Waals surface area contributed by atoms with Crippen LogP contribution >= 0.6 is 23.4 Å². The van der Waals surface area contributed by atoms with Gasteiger partial charge in [-0.2, -0.15) is 5.10 Å². The number of nitrogens with zero attached hydrogens (tertiary/aromatic N) is 3. The van der Waals surface area contributed by atoms with Crippen LogP contribution in [-0.4, -0.2) is 35.4 Å². The second-order valence-corrected chi connectivity index (χ2v) is 7.35. The van der Waals surface area contributed by atoms with Crippen LogP contribution in [0.1, 0.15) is 5.56 Å². The molecule has 0 atom stereocenters. The topological polar surface area (TPSA) is 93.0 Å². The Morgan fingerprint density at radius 2 is 2.07 bits per heavy atom. The summed E-state index contributed by atoms with van der Waals surface area (Å²) in [7, 11) is 1.24. The predicted molar refractivity (Wildman–Crippen MR) is 115 cm³/mol. The summed E-state index contributed by atoms with van der Waals surface area (Å²) in [5.74, 6) is -1.06. The van der Waals surface area contributed by atoms with Gasteiger partial charge in [0, 0.05) is 17.0 Å². The van der Waals surface area contributed by atoms with Crippen molar-refractivity contribution in [2.24, 2.45) is 10.2 Å². The molecule has 1 amide bonds. The number of fused-ring (bicyclic) bond motifs is 3. The number of methoxy groups -OCH3 is 1. The molecule has 2 aromatic carbocycles. The molecule has 1 aliphatic heterocycles. The van der Waals surface area contributed by atoms with Crippen LogP contribution in [0.3, 0.4) is 0 Å². The lowest BCUT2D eigenvalue weighted by molar-refractivity contribution is -0.135. The Hall–Kier alpha value is -3.23. The van der Waals surface area contributed by atoms with Crippen LogP contribution in [-0.2, 0) is 14.3 Å². The van der Waals surface area contributed by atoms with Crippen molar-refractivity contribution < 1.29 is 14.3 Å². The number of hydrogen-bond acceptors (Lipinski definition) is 7. The molecule has 0 unspecified atom stereocenters. The van der Waals surface area contributed by atoms with Crippen molar-refractivity contribution in [2.75, 3.05) is 7.11 Å². The van der Waals surface area contributed by atoms with E-state index in [1.54, 1.807) is 0 Å². The Morgan fingerprint density at radius 3 is 2.90 bits per heavy atom. The Kier molecular flexibility index (Phi) is 5.28. The molecule has 0 radical (unpaired) electrons. The van der Waals surface area contributed by atoms with E-state index in [9.17, 15) is 9.59 Å². The number of amides is 1. The summed E-state index contributed by atoms with van der Waals surface area (Å²) in [6.45, 7) is 0. The van der Waals surface area contributed by atoms with E-state index in [1.807, 2.05) is 42.5 Å². The van der Waals surface area contributed by atoms with Crippen LogP contribution in [0.25, 0.3) is 21.7 Å². The summed E-state index contributed by atoms with van der Waals surface area (Å²) in [5.41, 5.74) is 1.38. The summed E-state index contributed by atoms with van der Waals surface area (Å²) < 4.78 is 4.51. The summed E-state index contributed by atoms with van der Waals surface area (Å²) in [6, 6.07) is 13.8. The molecule has 1 saturated heterocycles. The van der Waals surface area contributed by atoms with Crippen molar-refractivity contribution >= 4 is 68.3 Å². The van der Waals surface area contributed by atoms with Gasteiger partial charge in [0.05, 0.1) is 23.7 Å². The molecule has 1 N–H and O–H groups in total. The van der Waals surface area contributed by atoms with E-state index >= 15 is 0 Å². The van der Waals surface area contributed by atoms with Crippen molar-refractivity contribution in [2.45, 2.75) is 0 Å². The van der Waals surface area contributed by atoms with E-state index in [-0.39, 0.29) is 10.1 Å². The van der Waals surface area contributed by atoms with Gasteiger partial charge in [0.2, 0.25) is 0 Å². The first-order valence-electron chi connectivity index (χ1n) is 8.43. The number of esters is 1. The molecule has 7 nitrogen and oxygen atoms in total. The molecule has 0 spiro atoms. The third-order valence-corrected chi connectivity index (χ3v) is 5.35. The van der Waals surface area contributed by atoms with Gasteiger partial charge >= 0.3 is 5.97 Å². The molecule has 9 heteroatoms. The number of pyridine rings is 1. The molecule has 144 valence electrons. The fourth-order valence-corrected chi connectivity index (χ4v) is 3.73. The highest BCUT2D eigenvalue weighted by molar-refractivity contribution is 8.18. The van der Waals surface area contributed by atoms with Crippen molar-refractivity contribution in [1.29, 1.82) is 0 Å². The smallest absolute Gasteiger partial charge is 0.331 e. The molecule has 4 rings (SSSR count). The standard InChI is InChI=1S/C20H13ClN4O3S/c1-28-17(26)9-16-19(27)24-20(29-16)25-22-10-12-8-14-13-5-3-2-4-11(13)6-7-15(14)23-18(12)21/h2-10H,1H3,(H,24,25,27). The highest BCUT2D eigenvalue weighted by Gasteiger charge is 2.25. The first-order valence-corrected chi connectivity index (χ1v) is 9.62. The fourth-order valence-electron chi connectivity index (χ4n) is 2.79. The minimum Gasteiger partial charge on any atom is -0.466 e.